The Morgan fingerprint density at radius 2 is 1.74 bits per heavy atom. The number of amides is 1. The van der Waals surface area contributed by atoms with Crippen LogP contribution in [0, 0.1) is 13.8 Å². The third-order valence-electron chi connectivity index (χ3n) is 6.81. The highest BCUT2D eigenvalue weighted by Gasteiger charge is 2.25. The molecule has 3 heterocycles. The van der Waals surface area contributed by atoms with Gasteiger partial charge in [0, 0.05) is 55.5 Å². The number of ketones is 1. The Morgan fingerprint density at radius 1 is 1.00 bits per heavy atom. The van der Waals surface area contributed by atoms with E-state index in [9.17, 15) is 9.59 Å². The summed E-state index contributed by atoms with van der Waals surface area (Å²) in [7, 11) is 2.06. The Balaban J connectivity index is 1.43. The van der Waals surface area contributed by atoms with E-state index < -0.39 is 11.7 Å². The summed E-state index contributed by atoms with van der Waals surface area (Å²) in [5, 5.41) is 2.79. The Labute approximate surface area is 225 Å². The van der Waals surface area contributed by atoms with Crippen LogP contribution in [0.15, 0.2) is 66.9 Å². The van der Waals surface area contributed by atoms with Gasteiger partial charge in [0.1, 0.15) is 11.5 Å². The number of carbonyl (C=O) groups is 2. The molecule has 0 unspecified atom stereocenters. The van der Waals surface area contributed by atoms with Crippen molar-refractivity contribution in [1.82, 2.24) is 9.38 Å². The molecule has 198 valence electrons. The molecule has 7 heteroatoms. The van der Waals surface area contributed by atoms with Crippen LogP contribution in [0.2, 0.25) is 0 Å². The normalized spacial score (nSPS) is 11.1. The maximum absolute atomic E-state index is 13.2. The molecular weight excluding hydrogens is 474 g/mol. The van der Waals surface area contributed by atoms with Crippen LogP contribution in [-0.4, -0.2) is 47.8 Å². The van der Waals surface area contributed by atoms with E-state index in [0.29, 0.717) is 11.4 Å². The highest BCUT2D eigenvalue weighted by molar-refractivity contribution is 6.46. The number of aryl methyl sites for hydroxylation is 2. The van der Waals surface area contributed by atoms with Gasteiger partial charge < -0.3 is 19.5 Å². The zero-order valence-corrected chi connectivity index (χ0v) is 23.2. The average Bonchev–Trinajstić information content (AvgIpc) is 3.29. The van der Waals surface area contributed by atoms with E-state index in [0.717, 1.165) is 47.9 Å². The van der Waals surface area contributed by atoms with Crippen molar-refractivity contribution >= 4 is 34.4 Å². The maximum atomic E-state index is 13.2. The first-order valence-corrected chi connectivity index (χ1v) is 13.1. The minimum Gasteiger partial charge on any atom is -0.370 e. The quantitative estimate of drug-likeness (QED) is 0.213. The van der Waals surface area contributed by atoms with Crippen molar-refractivity contribution in [2.24, 2.45) is 0 Å². The third kappa shape index (κ3) is 5.88. The van der Waals surface area contributed by atoms with Gasteiger partial charge in [0.15, 0.2) is 0 Å². The summed E-state index contributed by atoms with van der Waals surface area (Å²) in [5.74, 6) is -0.0935. The van der Waals surface area contributed by atoms with Gasteiger partial charge in [0.05, 0.1) is 0 Å². The molecule has 0 saturated heterocycles. The number of hydrogen-bond donors (Lipinski definition) is 1. The van der Waals surface area contributed by atoms with Crippen LogP contribution in [0.3, 0.4) is 0 Å². The van der Waals surface area contributed by atoms with Crippen LogP contribution in [0.4, 0.5) is 17.2 Å². The van der Waals surface area contributed by atoms with Crippen molar-refractivity contribution in [3.63, 3.8) is 0 Å². The smallest absolute Gasteiger partial charge is 0.298 e. The van der Waals surface area contributed by atoms with Crippen molar-refractivity contribution in [3.8, 4) is 0 Å². The monoisotopic (exact) mass is 511 g/mol. The fourth-order valence-corrected chi connectivity index (χ4v) is 4.75. The molecule has 4 rings (SSSR count). The van der Waals surface area contributed by atoms with E-state index in [1.807, 2.05) is 75.5 Å². The van der Waals surface area contributed by atoms with Gasteiger partial charge in [-0.1, -0.05) is 19.9 Å². The van der Waals surface area contributed by atoms with Gasteiger partial charge in [-0.05, 0) is 92.4 Å². The number of anilines is 3. The highest BCUT2D eigenvalue weighted by atomic mass is 16.2. The lowest BCUT2D eigenvalue weighted by molar-refractivity contribution is -0.112. The van der Waals surface area contributed by atoms with E-state index in [1.54, 1.807) is 4.40 Å². The standard InChI is InChI=1S/C31H37N5O2/c1-7-35(17-16-34(6)28-19-22(4)18-23(5)32-28)25-13-11-24(12-14-25)33-31(38)30(37)29-27(21(2)3)20-26-10-8-9-15-36(26)29/h8-15,18-21H,7,16-17H2,1-6H3,(H,33,38). The van der Waals surface area contributed by atoms with Crippen LogP contribution in [0.1, 0.15) is 54.0 Å². The Kier molecular flexibility index (Phi) is 8.15. The SMILES string of the molecule is CCN(CCN(C)c1cc(C)cc(C)n1)c1ccc(NC(=O)C(=O)c2c(C(C)C)cc3ccccn23)cc1. The molecule has 0 saturated carbocycles. The topological polar surface area (TPSA) is 69.9 Å². The van der Waals surface area contributed by atoms with Gasteiger partial charge in [-0.3, -0.25) is 9.59 Å². The first kappa shape index (κ1) is 26.9. The summed E-state index contributed by atoms with van der Waals surface area (Å²) in [6.45, 7) is 12.8. The molecule has 1 amide bonds. The van der Waals surface area contributed by atoms with Crippen molar-refractivity contribution in [1.29, 1.82) is 0 Å². The van der Waals surface area contributed by atoms with E-state index >= 15 is 0 Å². The summed E-state index contributed by atoms with van der Waals surface area (Å²) >= 11 is 0. The van der Waals surface area contributed by atoms with E-state index in [-0.39, 0.29) is 5.92 Å². The molecule has 0 fully saturated rings. The molecule has 0 atom stereocenters. The lowest BCUT2D eigenvalue weighted by Crippen LogP contribution is -2.33. The van der Waals surface area contributed by atoms with Gasteiger partial charge in [-0.2, -0.15) is 0 Å². The first-order chi connectivity index (χ1) is 18.2. The summed E-state index contributed by atoms with van der Waals surface area (Å²) in [6, 6.07) is 19.5. The fourth-order valence-electron chi connectivity index (χ4n) is 4.75. The number of benzene rings is 1. The number of rotatable bonds is 10. The molecule has 4 aromatic rings. The van der Waals surface area contributed by atoms with Gasteiger partial charge >= 0.3 is 0 Å². The third-order valence-corrected chi connectivity index (χ3v) is 6.81. The van der Waals surface area contributed by atoms with Gasteiger partial charge in [0.25, 0.3) is 11.7 Å². The summed E-state index contributed by atoms with van der Waals surface area (Å²) in [6.07, 6.45) is 1.82. The molecule has 7 nitrogen and oxygen atoms in total. The number of likely N-dealkylation sites (N-methyl/N-ethyl adjacent to an activating group) is 2. The van der Waals surface area contributed by atoms with Crippen molar-refractivity contribution in [2.75, 3.05) is 41.8 Å². The highest BCUT2D eigenvalue weighted by Crippen LogP contribution is 2.25. The van der Waals surface area contributed by atoms with Crippen molar-refractivity contribution < 1.29 is 9.59 Å². The fraction of sp³-hybridized carbons (Fsp3) is 0.323. The number of aromatic nitrogens is 2. The maximum Gasteiger partial charge on any atom is 0.298 e. The second kappa shape index (κ2) is 11.5. The van der Waals surface area contributed by atoms with Gasteiger partial charge in [0.2, 0.25) is 0 Å². The van der Waals surface area contributed by atoms with Crippen LogP contribution in [0.5, 0.6) is 0 Å². The zero-order chi connectivity index (χ0) is 27.4. The van der Waals surface area contributed by atoms with E-state index in [2.05, 4.69) is 53.1 Å². The summed E-state index contributed by atoms with van der Waals surface area (Å²) < 4.78 is 1.80. The predicted octanol–water partition coefficient (Wildman–Crippen LogP) is 5.86. The minimum atomic E-state index is -0.640. The number of Topliss-reactive ketones (excluding diaryl/α,β-unsaturated/α-hetero) is 1. The van der Waals surface area contributed by atoms with Crippen LogP contribution >= 0.6 is 0 Å². The lowest BCUT2D eigenvalue weighted by Gasteiger charge is -2.27. The molecule has 0 aliphatic rings. The molecule has 0 aliphatic carbocycles. The Hall–Kier alpha value is -4.13. The number of fused-ring (bicyclic) bond motifs is 1. The van der Waals surface area contributed by atoms with E-state index in [4.69, 9.17) is 0 Å². The molecule has 3 aromatic heterocycles. The first-order valence-electron chi connectivity index (χ1n) is 13.1. The van der Waals surface area contributed by atoms with Crippen molar-refractivity contribution in [2.45, 2.75) is 40.5 Å². The van der Waals surface area contributed by atoms with Gasteiger partial charge in [-0.15, -0.1) is 0 Å². The molecule has 1 N–H and O–H groups in total. The van der Waals surface area contributed by atoms with Crippen LogP contribution in [0.25, 0.3) is 5.52 Å². The predicted molar refractivity (Wildman–Crippen MR) is 156 cm³/mol. The molecule has 0 radical (unpaired) electrons. The molecular formula is C31H37N5O2. The summed E-state index contributed by atoms with van der Waals surface area (Å²) in [5.41, 5.74) is 6.05. The number of hydrogen-bond acceptors (Lipinski definition) is 5. The lowest BCUT2D eigenvalue weighted by atomic mass is 10.0. The van der Waals surface area contributed by atoms with Gasteiger partial charge in [-0.25, -0.2) is 4.98 Å². The number of nitrogens with one attached hydrogen (secondary N) is 1. The number of carbonyl (C=O) groups excluding carboxylic acids is 2. The second-order valence-corrected chi connectivity index (χ2v) is 10.1. The minimum absolute atomic E-state index is 0.116. The number of pyridine rings is 2. The van der Waals surface area contributed by atoms with Crippen LogP contribution < -0.4 is 15.1 Å². The molecule has 0 bridgehead atoms. The Bertz CT molecular complexity index is 1420. The Morgan fingerprint density at radius 3 is 2.39 bits per heavy atom. The van der Waals surface area contributed by atoms with Crippen molar-refractivity contribution in [3.05, 3.63) is 89.4 Å². The molecule has 1 aromatic carbocycles. The molecule has 0 spiro atoms. The largest absolute Gasteiger partial charge is 0.370 e. The van der Waals surface area contributed by atoms with E-state index in [1.165, 1.54) is 5.56 Å². The number of nitrogens with zero attached hydrogens (tertiary/aromatic N) is 4. The zero-order valence-electron chi connectivity index (χ0n) is 23.2. The summed E-state index contributed by atoms with van der Waals surface area (Å²) in [4.78, 5) is 35.3. The second-order valence-electron chi connectivity index (χ2n) is 10.1. The van der Waals surface area contributed by atoms with Crippen LogP contribution in [-0.2, 0) is 4.79 Å². The molecule has 0 aliphatic heterocycles. The molecule has 38 heavy (non-hydrogen) atoms. The average molecular weight is 512 g/mol.